The van der Waals surface area contributed by atoms with Crippen LogP contribution in [0.1, 0.15) is 11.1 Å². The van der Waals surface area contributed by atoms with Crippen molar-refractivity contribution in [3.05, 3.63) is 29.5 Å². The zero-order chi connectivity index (χ0) is 8.72. The summed E-state index contributed by atoms with van der Waals surface area (Å²) in [6.07, 6.45) is 1.91. The number of phenolic OH excluding ortho intramolecular Hbond substituents is 1. The van der Waals surface area contributed by atoms with Crippen LogP contribution in [0, 0.1) is 13.8 Å². The van der Waals surface area contributed by atoms with Crippen LogP contribution < -0.4 is 0 Å². The first-order valence-corrected chi connectivity index (χ1v) is 3.96. The number of hydrogen-bond donors (Lipinski definition) is 2. The summed E-state index contributed by atoms with van der Waals surface area (Å²) >= 11 is 0. The molecule has 0 saturated carbocycles. The van der Waals surface area contributed by atoms with Gasteiger partial charge in [0.05, 0.1) is 5.52 Å². The van der Waals surface area contributed by atoms with Crippen molar-refractivity contribution < 1.29 is 5.11 Å². The third kappa shape index (κ3) is 0.811. The topological polar surface area (TPSA) is 36.0 Å². The van der Waals surface area contributed by atoms with Crippen LogP contribution in [0.15, 0.2) is 18.3 Å². The molecule has 0 saturated heterocycles. The van der Waals surface area contributed by atoms with Crippen LogP contribution in [0.25, 0.3) is 10.9 Å². The van der Waals surface area contributed by atoms with E-state index < -0.39 is 0 Å². The van der Waals surface area contributed by atoms with Gasteiger partial charge in [0, 0.05) is 11.6 Å². The van der Waals surface area contributed by atoms with Gasteiger partial charge in [-0.1, -0.05) is 6.07 Å². The fourth-order valence-corrected chi connectivity index (χ4v) is 1.60. The van der Waals surface area contributed by atoms with E-state index in [1.807, 2.05) is 26.1 Å². The summed E-state index contributed by atoms with van der Waals surface area (Å²) in [7, 11) is 0. The number of H-pyrrole nitrogens is 1. The average molecular weight is 161 g/mol. The number of aromatic amines is 1. The summed E-state index contributed by atoms with van der Waals surface area (Å²) in [6.45, 7) is 4.08. The molecule has 2 aromatic rings. The molecular weight excluding hydrogens is 150 g/mol. The second-order valence-electron chi connectivity index (χ2n) is 3.12. The Hall–Kier alpha value is -1.44. The molecule has 1 aromatic carbocycles. The van der Waals surface area contributed by atoms with Gasteiger partial charge in [-0.05, 0) is 31.0 Å². The first-order valence-electron chi connectivity index (χ1n) is 3.96. The summed E-state index contributed by atoms with van der Waals surface area (Å²) in [5.74, 6) is 0.323. The van der Waals surface area contributed by atoms with Crippen LogP contribution in [0.5, 0.6) is 5.75 Å². The van der Waals surface area contributed by atoms with E-state index in [4.69, 9.17) is 0 Å². The predicted octanol–water partition coefficient (Wildman–Crippen LogP) is 2.49. The lowest BCUT2D eigenvalue weighted by Crippen LogP contribution is -1.76. The van der Waals surface area contributed by atoms with E-state index in [2.05, 4.69) is 4.98 Å². The standard InChI is InChI=1S/C10H11NO/c1-6-3-4-8(12)10-9(6)7(2)5-11-10/h3-5,11-12H,1-2H3. The third-order valence-electron chi connectivity index (χ3n) is 2.22. The highest BCUT2D eigenvalue weighted by molar-refractivity contribution is 5.90. The number of aryl methyl sites for hydroxylation is 2. The minimum absolute atomic E-state index is 0.323. The van der Waals surface area contributed by atoms with Gasteiger partial charge >= 0.3 is 0 Å². The SMILES string of the molecule is Cc1ccc(O)c2[nH]cc(C)c12. The summed E-state index contributed by atoms with van der Waals surface area (Å²) in [5, 5.41) is 10.6. The number of aromatic nitrogens is 1. The van der Waals surface area contributed by atoms with Crippen LogP contribution in [0.3, 0.4) is 0 Å². The molecule has 1 heterocycles. The molecule has 0 amide bonds. The number of rotatable bonds is 0. The number of aromatic hydroxyl groups is 1. The molecule has 0 bridgehead atoms. The minimum atomic E-state index is 0.323. The maximum Gasteiger partial charge on any atom is 0.139 e. The minimum Gasteiger partial charge on any atom is -0.506 e. The zero-order valence-electron chi connectivity index (χ0n) is 7.18. The van der Waals surface area contributed by atoms with Crippen LogP contribution >= 0.6 is 0 Å². The van der Waals surface area contributed by atoms with Crippen molar-refractivity contribution in [3.8, 4) is 5.75 Å². The molecule has 2 N–H and O–H groups in total. The Morgan fingerprint density at radius 1 is 1.17 bits per heavy atom. The molecule has 1 aromatic heterocycles. The van der Waals surface area contributed by atoms with E-state index in [9.17, 15) is 5.11 Å². The van der Waals surface area contributed by atoms with Crippen molar-refractivity contribution in [1.29, 1.82) is 0 Å². The molecule has 62 valence electrons. The Labute approximate surface area is 70.8 Å². The van der Waals surface area contributed by atoms with E-state index in [1.54, 1.807) is 6.07 Å². The zero-order valence-corrected chi connectivity index (χ0v) is 7.18. The van der Waals surface area contributed by atoms with Gasteiger partial charge in [-0.2, -0.15) is 0 Å². The van der Waals surface area contributed by atoms with Crippen LogP contribution in [0.4, 0.5) is 0 Å². The lowest BCUT2D eigenvalue weighted by atomic mass is 10.1. The molecular formula is C10H11NO. The first-order chi connectivity index (χ1) is 5.70. The van der Waals surface area contributed by atoms with E-state index in [0.29, 0.717) is 5.75 Å². The summed E-state index contributed by atoms with van der Waals surface area (Å²) in [4.78, 5) is 3.05. The van der Waals surface area contributed by atoms with Crippen LogP contribution in [-0.4, -0.2) is 10.1 Å². The molecule has 2 rings (SSSR count). The van der Waals surface area contributed by atoms with Gasteiger partial charge in [-0.25, -0.2) is 0 Å². The molecule has 2 nitrogen and oxygen atoms in total. The third-order valence-corrected chi connectivity index (χ3v) is 2.22. The monoisotopic (exact) mass is 161 g/mol. The van der Waals surface area contributed by atoms with Gasteiger partial charge < -0.3 is 10.1 Å². The van der Waals surface area contributed by atoms with Crippen molar-refractivity contribution in [2.45, 2.75) is 13.8 Å². The molecule has 2 heteroatoms. The van der Waals surface area contributed by atoms with Gasteiger partial charge in [0.25, 0.3) is 0 Å². The predicted molar refractivity (Wildman–Crippen MR) is 49.4 cm³/mol. The molecule has 0 aliphatic rings. The number of hydrogen-bond acceptors (Lipinski definition) is 1. The number of benzene rings is 1. The summed E-state index contributed by atoms with van der Waals surface area (Å²) < 4.78 is 0. The van der Waals surface area contributed by atoms with Crippen molar-refractivity contribution in [2.24, 2.45) is 0 Å². The number of phenols is 1. The first kappa shape index (κ1) is 7.22. The molecule has 0 fully saturated rings. The second-order valence-corrected chi connectivity index (χ2v) is 3.12. The highest BCUT2D eigenvalue weighted by Gasteiger charge is 2.05. The largest absolute Gasteiger partial charge is 0.506 e. The molecule has 0 unspecified atom stereocenters. The molecule has 12 heavy (non-hydrogen) atoms. The fraction of sp³-hybridized carbons (Fsp3) is 0.200. The van der Waals surface area contributed by atoms with Gasteiger partial charge in [-0.3, -0.25) is 0 Å². The van der Waals surface area contributed by atoms with Gasteiger partial charge in [-0.15, -0.1) is 0 Å². The number of fused-ring (bicyclic) bond motifs is 1. The lowest BCUT2D eigenvalue weighted by molar-refractivity contribution is 0.480. The molecule has 0 atom stereocenters. The smallest absolute Gasteiger partial charge is 0.139 e. The van der Waals surface area contributed by atoms with Crippen molar-refractivity contribution in [2.75, 3.05) is 0 Å². The maximum absolute atomic E-state index is 9.48. The maximum atomic E-state index is 9.48. The summed E-state index contributed by atoms with van der Waals surface area (Å²) in [6, 6.07) is 3.64. The van der Waals surface area contributed by atoms with Crippen molar-refractivity contribution in [1.82, 2.24) is 4.98 Å². The van der Waals surface area contributed by atoms with E-state index >= 15 is 0 Å². The van der Waals surface area contributed by atoms with E-state index in [0.717, 1.165) is 10.9 Å². The van der Waals surface area contributed by atoms with Crippen molar-refractivity contribution >= 4 is 10.9 Å². The molecule has 0 spiro atoms. The highest BCUT2D eigenvalue weighted by Crippen LogP contribution is 2.28. The van der Waals surface area contributed by atoms with Gasteiger partial charge in [0.2, 0.25) is 0 Å². The molecule has 0 radical (unpaired) electrons. The Bertz CT molecular complexity index is 429. The molecule has 0 aliphatic heterocycles. The average Bonchev–Trinajstić information content (AvgIpc) is 2.42. The lowest BCUT2D eigenvalue weighted by Gasteiger charge is -1.99. The van der Waals surface area contributed by atoms with Gasteiger partial charge in [0.15, 0.2) is 0 Å². The Morgan fingerprint density at radius 2 is 1.92 bits per heavy atom. The van der Waals surface area contributed by atoms with Gasteiger partial charge in [0.1, 0.15) is 5.75 Å². The second kappa shape index (κ2) is 2.27. The van der Waals surface area contributed by atoms with E-state index in [-0.39, 0.29) is 0 Å². The van der Waals surface area contributed by atoms with Crippen LogP contribution in [-0.2, 0) is 0 Å². The Balaban J connectivity index is 2.98. The Morgan fingerprint density at radius 3 is 2.58 bits per heavy atom. The number of nitrogens with one attached hydrogen (secondary N) is 1. The van der Waals surface area contributed by atoms with Crippen LogP contribution in [0.2, 0.25) is 0 Å². The normalized spacial score (nSPS) is 10.8. The quantitative estimate of drug-likeness (QED) is 0.611. The summed E-state index contributed by atoms with van der Waals surface area (Å²) in [5.41, 5.74) is 3.22. The van der Waals surface area contributed by atoms with Crippen molar-refractivity contribution in [3.63, 3.8) is 0 Å². The molecule has 0 aliphatic carbocycles. The van der Waals surface area contributed by atoms with E-state index in [1.165, 1.54) is 11.1 Å². The highest BCUT2D eigenvalue weighted by atomic mass is 16.3. The fourth-order valence-electron chi connectivity index (χ4n) is 1.60. The Kier molecular flexibility index (Phi) is 1.37.